The van der Waals surface area contributed by atoms with Gasteiger partial charge in [-0.3, -0.25) is 9.36 Å². The number of fused-ring (bicyclic) bond motifs is 1. The lowest BCUT2D eigenvalue weighted by Crippen LogP contribution is -2.39. The van der Waals surface area contributed by atoms with Crippen LogP contribution < -0.4 is 5.32 Å². The van der Waals surface area contributed by atoms with Crippen molar-refractivity contribution in [2.45, 2.75) is 44.4 Å². The number of hydrogen-bond donors (Lipinski definition) is 2. The van der Waals surface area contributed by atoms with Gasteiger partial charge in [-0.1, -0.05) is 18.2 Å². The Bertz CT molecular complexity index is 977. The number of nitrogens with one attached hydrogen (secondary N) is 1. The summed E-state index contributed by atoms with van der Waals surface area (Å²) in [6.45, 7) is -0.154. The second-order valence-electron chi connectivity index (χ2n) is 7.14. The van der Waals surface area contributed by atoms with E-state index in [0.29, 0.717) is 23.2 Å². The fraction of sp³-hybridized carbons (Fsp3) is 0.381. The fourth-order valence-electron chi connectivity index (χ4n) is 3.82. The Kier molecular flexibility index (Phi) is 5.36. The number of ether oxygens (including phenoxy) is 1. The Labute approximate surface area is 163 Å². The molecule has 2 aromatic heterocycles. The molecule has 2 N–H and O–H groups in total. The van der Waals surface area contributed by atoms with Gasteiger partial charge in [0.2, 0.25) is 0 Å². The molecular weight excluding hydrogens is 356 g/mol. The quantitative estimate of drug-likeness (QED) is 0.710. The Morgan fingerprint density at radius 2 is 2.07 bits per heavy atom. The van der Waals surface area contributed by atoms with E-state index in [0.717, 1.165) is 36.6 Å². The van der Waals surface area contributed by atoms with Crippen LogP contribution in [0.3, 0.4) is 0 Å². The molecule has 7 heteroatoms. The minimum Gasteiger partial charge on any atom is -0.390 e. The number of pyridine rings is 1. The minimum atomic E-state index is -0.154. The van der Waals surface area contributed by atoms with Crippen molar-refractivity contribution in [2.24, 2.45) is 0 Å². The van der Waals surface area contributed by atoms with Crippen LogP contribution in [-0.2, 0) is 11.3 Å². The van der Waals surface area contributed by atoms with Gasteiger partial charge >= 0.3 is 0 Å². The Morgan fingerprint density at radius 1 is 1.29 bits per heavy atom. The third-order valence-electron chi connectivity index (χ3n) is 5.41. The van der Waals surface area contributed by atoms with Gasteiger partial charge in [0.1, 0.15) is 12.1 Å². The average Bonchev–Trinajstić information content (AvgIpc) is 3.22. The molecule has 146 valence electrons. The van der Waals surface area contributed by atoms with Gasteiger partial charge in [-0.25, -0.2) is 9.97 Å². The molecule has 2 heterocycles. The van der Waals surface area contributed by atoms with Crippen LogP contribution in [-0.4, -0.2) is 44.8 Å². The maximum atomic E-state index is 13.1. The predicted octanol–water partition coefficient (Wildman–Crippen LogP) is 2.60. The highest BCUT2D eigenvalue weighted by molar-refractivity contribution is 6.06. The molecule has 1 aliphatic rings. The average molecular weight is 380 g/mol. The largest absolute Gasteiger partial charge is 0.390 e. The summed E-state index contributed by atoms with van der Waals surface area (Å²) in [5.41, 5.74) is 1.92. The van der Waals surface area contributed by atoms with Crippen LogP contribution >= 0.6 is 0 Å². The smallest absolute Gasteiger partial charge is 0.252 e. The molecule has 0 radical (unpaired) electrons. The van der Waals surface area contributed by atoms with Gasteiger partial charge in [-0.05, 0) is 37.8 Å². The van der Waals surface area contributed by atoms with E-state index in [4.69, 9.17) is 4.74 Å². The number of methoxy groups -OCH3 is 1. The summed E-state index contributed by atoms with van der Waals surface area (Å²) in [6.07, 6.45) is 7.21. The first-order valence-electron chi connectivity index (χ1n) is 9.55. The standard InChI is InChI=1S/C21H24N4O3/c1-28-16-8-6-14(7-9-16)23-21(27)18-10-20(25-13-22-11-15(25)12-26)24-19-5-3-2-4-17(18)19/h2-5,10-11,13-14,16,26H,6-9,12H2,1H3,(H,23,27). The van der Waals surface area contributed by atoms with Gasteiger partial charge in [0, 0.05) is 18.5 Å². The number of rotatable bonds is 5. The van der Waals surface area contributed by atoms with E-state index < -0.39 is 0 Å². The number of imidazole rings is 1. The number of para-hydroxylation sites is 1. The summed E-state index contributed by atoms with van der Waals surface area (Å²) in [7, 11) is 1.74. The van der Waals surface area contributed by atoms with Crippen molar-refractivity contribution in [3.63, 3.8) is 0 Å². The lowest BCUT2D eigenvalue weighted by Gasteiger charge is -2.28. The van der Waals surface area contributed by atoms with Crippen LogP contribution in [0.5, 0.6) is 0 Å². The summed E-state index contributed by atoms with van der Waals surface area (Å²) in [5, 5.41) is 13.5. The van der Waals surface area contributed by atoms with Crippen LogP contribution in [0.1, 0.15) is 41.7 Å². The number of aliphatic hydroxyl groups excluding tert-OH is 1. The summed E-state index contributed by atoms with van der Waals surface area (Å²) >= 11 is 0. The van der Waals surface area contributed by atoms with Gasteiger partial charge in [0.25, 0.3) is 5.91 Å². The predicted molar refractivity (Wildman–Crippen MR) is 105 cm³/mol. The third kappa shape index (κ3) is 3.63. The minimum absolute atomic E-state index is 0.105. The fourth-order valence-corrected chi connectivity index (χ4v) is 3.82. The number of benzene rings is 1. The molecule has 1 saturated carbocycles. The molecule has 28 heavy (non-hydrogen) atoms. The van der Waals surface area contributed by atoms with Crippen LogP contribution in [0.15, 0.2) is 42.9 Å². The Morgan fingerprint density at radius 3 is 2.82 bits per heavy atom. The van der Waals surface area contributed by atoms with Crippen molar-refractivity contribution in [3.05, 3.63) is 54.1 Å². The number of aromatic nitrogens is 3. The van der Waals surface area contributed by atoms with E-state index in [1.54, 1.807) is 30.3 Å². The van der Waals surface area contributed by atoms with Gasteiger partial charge in [0.05, 0.1) is 35.7 Å². The molecule has 1 aromatic carbocycles. The van der Waals surface area contributed by atoms with Crippen molar-refractivity contribution in [1.82, 2.24) is 19.9 Å². The number of carbonyl (C=O) groups excluding carboxylic acids is 1. The van der Waals surface area contributed by atoms with Crippen LogP contribution in [0.4, 0.5) is 0 Å². The van der Waals surface area contributed by atoms with Gasteiger partial charge in [0.15, 0.2) is 0 Å². The topological polar surface area (TPSA) is 89.3 Å². The summed E-state index contributed by atoms with van der Waals surface area (Å²) < 4.78 is 7.12. The molecule has 0 bridgehead atoms. The monoisotopic (exact) mass is 380 g/mol. The Balaban J connectivity index is 1.66. The maximum Gasteiger partial charge on any atom is 0.252 e. The molecule has 0 aliphatic heterocycles. The van der Waals surface area contributed by atoms with E-state index >= 15 is 0 Å². The highest BCUT2D eigenvalue weighted by atomic mass is 16.5. The zero-order valence-corrected chi connectivity index (χ0v) is 15.8. The first-order chi connectivity index (χ1) is 13.7. The lowest BCUT2D eigenvalue weighted by atomic mass is 9.92. The lowest BCUT2D eigenvalue weighted by molar-refractivity contribution is 0.0599. The molecule has 0 atom stereocenters. The van der Waals surface area contributed by atoms with E-state index in [1.165, 1.54) is 0 Å². The van der Waals surface area contributed by atoms with E-state index in [9.17, 15) is 9.90 Å². The van der Waals surface area contributed by atoms with E-state index in [1.807, 2.05) is 24.3 Å². The molecule has 4 rings (SSSR count). The van der Waals surface area contributed by atoms with Crippen LogP contribution in [0, 0.1) is 0 Å². The van der Waals surface area contributed by atoms with Crippen molar-refractivity contribution in [2.75, 3.05) is 7.11 Å². The highest BCUT2D eigenvalue weighted by Gasteiger charge is 2.23. The highest BCUT2D eigenvalue weighted by Crippen LogP contribution is 2.24. The number of aliphatic hydroxyl groups is 1. The van der Waals surface area contributed by atoms with Crippen molar-refractivity contribution in [3.8, 4) is 5.82 Å². The molecule has 0 saturated heterocycles. The summed E-state index contributed by atoms with van der Waals surface area (Å²) in [4.78, 5) is 21.8. The molecule has 1 amide bonds. The van der Waals surface area contributed by atoms with Crippen LogP contribution in [0.2, 0.25) is 0 Å². The number of hydrogen-bond acceptors (Lipinski definition) is 5. The van der Waals surface area contributed by atoms with Crippen LogP contribution in [0.25, 0.3) is 16.7 Å². The van der Waals surface area contributed by atoms with Gasteiger partial charge < -0.3 is 15.2 Å². The SMILES string of the molecule is COC1CCC(NC(=O)c2cc(-n3cncc3CO)nc3ccccc23)CC1. The molecular formula is C21H24N4O3. The maximum absolute atomic E-state index is 13.1. The zero-order chi connectivity index (χ0) is 19.5. The van der Waals surface area contributed by atoms with E-state index in [2.05, 4.69) is 15.3 Å². The Hall–Kier alpha value is -2.77. The van der Waals surface area contributed by atoms with Gasteiger partial charge in [-0.2, -0.15) is 0 Å². The number of amides is 1. The molecule has 0 unspecified atom stereocenters. The summed E-state index contributed by atoms with van der Waals surface area (Å²) in [5.74, 6) is 0.458. The second kappa shape index (κ2) is 8.08. The molecule has 0 spiro atoms. The number of carbonyl (C=O) groups is 1. The molecule has 3 aromatic rings. The number of nitrogens with zero attached hydrogens (tertiary/aromatic N) is 3. The molecule has 7 nitrogen and oxygen atoms in total. The van der Waals surface area contributed by atoms with Crippen molar-refractivity contribution in [1.29, 1.82) is 0 Å². The first-order valence-corrected chi connectivity index (χ1v) is 9.55. The zero-order valence-electron chi connectivity index (χ0n) is 15.8. The van der Waals surface area contributed by atoms with Crippen molar-refractivity contribution >= 4 is 16.8 Å². The van der Waals surface area contributed by atoms with Crippen molar-refractivity contribution < 1.29 is 14.6 Å². The summed E-state index contributed by atoms with van der Waals surface area (Å²) in [6, 6.07) is 9.50. The third-order valence-corrected chi connectivity index (χ3v) is 5.41. The second-order valence-corrected chi connectivity index (χ2v) is 7.14. The molecule has 1 fully saturated rings. The molecule has 1 aliphatic carbocycles. The first kappa shape index (κ1) is 18.6. The van der Waals surface area contributed by atoms with E-state index in [-0.39, 0.29) is 18.6 Å². The van der Waals surface area contributed by atoms with Gasteiger partial charge in [-0.15, -0.1) is 0 Å². The normalized spacial score (nSPS) is 19.6.